The smallest absolute Gasteiger partial charge is 0.117 e. The topological polar surface area (TPSA) is 29.5 Å². The molecule has 0 aromatic heterocycles. The number of allylic oxidation sites excluding steroid dienone is 1. The first-order chi connectivity index (χ1) is 5.68. The van der Waals surface area contributed by atoms with Crippen LogP contribution in [-0.2, 0) is 4.74 Å². The van der Waals surface area contributed by atoms with E-state index in [1.54, 1.807) is 19.3 Å². The molecule has 0 saturated carbocycles. The van der Waals surface area contributed by atoms with Crippen LogP contribution in [0, 0.1) is 5.92 Å². The maximum Gasteiger partial charge on any atom is 0.117 e. The van der Waals surface area contributed by atoms with Crippen LogP contribution in [0.3, 0.4) is 0 Å². The van der Waals surface area contributed by atoms with Crippen molar-refractivity contribution in [1.29, 1.82) is 0 Å². The first-order valence-electron chi connectivity index (χ1n) is 4.37. The van der Waals surface area contributed by atoms with Gasteiger partial charge in [0.25, 0.3) is 0 Å². The summed E-state index contributed by atoms with van der Waals surface area (Å²) in [6.45, 7) is 3.89. The van der Waals surface area contributed by atoms with Gasteiger partial charge in [0.15, 0.2) is 0 Å². The van der Waals surface area contributed by atoms with Crippen LogP contribution < -0.4 is 0 Å². The molecule has 0 radical (unpaired) electrons. The Labute approximate surface area is 73.5 Å². The largest absolute Gasteiger partial charge is 0.494 e. The van der Waals surface area contributed by atoms with Gasteiger partial charge in [-0.25, -0.2) is 0 Å². The molecule has 1 rings (SSSR count). The van der Waals surface area contributed by atoms with Gasteiger partial charge in [-0.15, -0.1) is 0 Å². The van der Waals surface area contributed by atoms with Crippen LogP contribution in [0.15, 0.2) is 24.5 Å². The van der Waals surface area contributed by atoms with Gasteiger partial charge < -0.3 is 9.84 Å². The van der Waals surface area contributed by atoms with Crippen molar-refractivity contribution >= 4 is 0 Å². The zero-order valence-electron chi connectivity index (χ0n) is 7.60. The lowest BCUT2D eigenvalue weighted by Crippen LogP contribution is -2.15. The number of aliphatic hydroxyl groups is 1. The molecule has 0 spiro atoms. The lowest BCUT2D eigenvalue weighted by atomic mass is 10.0. The van der Waals surface area contributed by atoms with Crippen molar-refractivity contribution in [3.8, 4) is 0 Å². The maximum atomic E-state index is 8.99. The van der Waals surface area contributed by atoms with Gasteiger partial charge in [-0.2, -0.15) is 0 Å². The first kappa shape index (κ1) is 9.33. The van der Waals surface area contributed by atoms with E-state index in [1.165, 1.54) is 0 Å². The predicted molar refractivity (Wildman–Crippen MR) is 48.6 cm³/mol. The molecule has 2 heteroatoms. The lowest BCUT2D eigenvalue weighted by molar-refractivity contribution is 0.146. The fourth-order valence-corrected chi connectivity index (χ4v) is 1.19. The third-order valence-corrected chi connectivity index (χ3v) is 1.87. The second kappa shape index (κ2) is 4.31. The Balaban J connectivity index is 2.39. The molecule has 3 atom stereocenters. The summed E-state index contributed by atoms with van der Waals surface area (Å²) in [7, 11) is 0. The molecule has 1 aliphatic heterocycles. The summed E-state index contributed by atoms with van der Waals surface area (Å²) in [5.41, 5.74) is 0. The van der Waals surface area contributed by atoms with E-state index in [2.05, 4.69) is 6.92 Å². The number of aliphatic hydroxyl groups excluding tert-OH is 1. The van der Waals surface area contributed by atoms with Gasteiger partial charge in [0.05, 0.1) is 12.4 Å². The Hall–Kier alpha value is -0.760. The van der Waals surface area contributed by atoms with E-state index in [0.717, 1.165) is 6.42 Å². The van der Waals surface area contributed by atoms with Crippen LogP contribution in [0.5, 0.6) is 0 Å². The third kappa shape index (κ3) is 3.09. The van der Waals surface area contributed by atoms with Gasteiger partial charge in [0.1, 0.15) is 6.10 Å². The Bertz CT molecular complexity index is 182. The fraction of sp³-hybridized carbons (Fsp3) is 0.600. The van der Waals surface area contributed by atoms with Gasteiger partial charge >= 0.3 is 0 Å². The van der Waals surface area contributed by atoms with Crippen molar-refractivity contribution < 1.29 is 9.84 Å². The molecule has 0 bridgehead atoms. The number of ether oxygens (including phenoxy) is 1. The summed E-state index contributed by atoms with van der Waals surface area (Å²) in [5, 5.41) is 8.99. The monoisotopic (exact) mass is 168 g/mol. The van der Waals surface area contributed by atoms with Gasteiger partial charge in [-0.1, -0.05) is 13.0 Å². The Morgan fingerprint density at radius 3 is 3.00 bits per heavy atom. The molecule has 68 valence electrons. The molecule has 0 aromatic rings. The van der Waals surface area contributed by atoms with Gasteiger partial charge in [0, 0.05) is 0 Å². The van der Waals surface area contributed by atoms with Crippen LogP contribution in [0.25, 0.3) is 0 Å². The van der Waals surface area contributed by atoms with Crippen LogP contribution in [-0.4, -0.2) is 17.3 Å². The first-order valence-corrected chi connectivity index (χ1v) is 4.37. The van der Waals surface area contributed by atoms with E-state index in [9.17, 15) is 0 Å². The second-order valence-corrected chi connectivity index (χ2v) is 3.34. The van der Waals surface area contributed by atoms with E-state index in [4.69, 9.17) is 9.84 Å². The van der Waals surface area contributed by atoms with Crippen LogP contribution in [0.4, 0.5) is 0 Å². The highest BCUT2D eigenvalue weighted by Gasteiger charge is 2.12. The van der Waals surface area contributed by atoms with Crippen molar-refractivity contribution in [1.82, 2.24) is 0 Å². The van der Waals surface area contributed by atoms with E-state index < -0.39 is 0 Å². The standard InChI is InChI=1S/C10H16O2/c1-8-5-6-12-10(7-8)4-3-9(2)11/h3-6,8-11H,7H2,1-2H3/b4-3+/t8?,9-,10-/m1/s1. The van der Waals surface area contributed by atoms with Crippen molar-refractivity contribution in [2.75, 3.05) is 0 Å². The summed E-state index contributed by atoms with van der Waals surface area (Å²) < 4.78 is 5.32. The molecule has 1 heterocycles. The summed E-state index contributed by atoms with van der Waals surface area (Å²) in [6.07, 6.45) is 8.23. The average molecular weight is 168 g/mol. The van der Waals surface area contributed by atoms with E-state index in [0.29, 0.717) is 5.92 Å². The van der Waals surface area contributed by atoms with E-state index >= 15 is 0 Å². The molecule has 1 N–H and O–H groups in total. The summed E-state index contributed by atoms with van der Waals surface area (Å²) >= 11 is 0. The second-order valence-electron chi connectivity index (χ2n) is 3.34. The molecule has 0 amide bonds. The van der Waals surface area contributed by atoms with Gasteiger partial charge in [-0.3, -0.25) is 0 Å². The Kier molecular flexibility index (Phi) is 3.35. The fourth-order valence-electron chi connectivity index (χ4n) is 1.19. The molecule has 0 fully saturated rings. The van der Waals surface area contributed by atoms with Crippen LogP contribution in [0.1, 0.15) is 20.3 Å². The van der Waals surface area contributed by atoms with Gasteiger partial charge in [-0.05, 0) is 31.4 Å². The quantitative estimate of drug-likeness (QED) is 0.638. The van der Waals surface area contributed by atoms with Crippen molar-refractivity contribution in [2.24, 2.45) is 5.92 Å². The number of hydrogen-bond acceptors (Lipinski definition) is 2. The number of hydrogen-bond donors (Lipinski definition) is 1. The highest BCUT2D eigenvalue weighted by molar-refractivity contribution is 4.99. The molecule has 1 unspecified atom stereocenters. The highest BCUT2D eigenvalue weighted by Crippen LogP contribution is 2.17. The molecule has 0 saturated heterocycles. The Morgan fingerprint density at radius 2 is 2.42 bits per heavy atom. The van der Waals surface area contributed by atoms with E-state index in [-0.39, 0.29) is 12.2 Å². The predicted octanol–water partition coefficient (Wildman–Crippen LogP) is 1.86. The minimum Gasteiger partial charge on any atom is -0.494 e. The van der Waals surface area contributed by atoms with Crippen molar-refractivity contribution in [2.45, 2.75) is 32.5 Å². The highest BCUT2D eigenvalue weighted by atomic mass is 16.5. The molecular weight excluding hydrogens is 152 g/mol. The molecule has 0 aliphatic carbocycles. The molecule has 1 aliphatic rings. The zero-order chi connectivity index (χ0) is 8.97. The van der Waals surface area contributed by atoms with Crippen LogP contribution in [0.2, 0.25) is 0 Å². The molecule has 0 aromatic carbocycles. The summed E-state index contributed by atoms with van der Waals surface area (Å²) in [4.78, 5) is 0. The van der Waals surface area contributed by atoms with Crippen LogP contribution >= 0.6 is 0 Å². The van der Waals surface area contributed by atoms with E-state index in [1.807, 2.05) is 12.2 Å². The molecular formula is C10H16O2. The minimum absolute atomic E-state index is 0.139. The molecule has 2 nitrogen and oxygen atoms in total. The lowest BCUT2D eigenvalue weighted by Gasteiger charge is -2.20. The minimum atomic E-state index is -0.380. The summed E-state index contributed by atoms with van der Waals surface area (Å²) in [6, 6.07) is 0. The van der Waals surface area contributed by atoms with Crippen molar-refractivity contribution in [3.05, 3.63) is 24.5 Å². The average Bonchev–Trinajstić information content (AvgIpc) is 2.01. The Morgan fingerprint density at radius 1 is 1.67 bits per heavy atom. The maximum absolute atomic E-state index is 8.99. The molecule has 12 heavy (non-hydrogen) atoms. The zero-order valence-corrected chi connectivity index (χ0v) is 7.60. The number of rotatable bonds is 2. The summed E-state index contributed by atoms with van der Waals surface area (Å²) in [5.74, 6) is 0.572. The van der Waals surface area contributed by atoms with Crippen molar-refractivity contribution in [3.63, 3.8) is 0 Å². The van der Waals surface area contributed by atoms with Gasteiger partial charge in [0.2, 0.25) is 0 Å². The SMILES string of the molecule is CC1C=CO[C@H](/C=C/[C@@H](C)O)C1. The normalized spacial score (nSPS) is 31.9. The third-order valence-electron chi connectivity index (χ3n) is 1.87.